The van der Waals surface area contributed by atoms with Gasteiger partial charge in [-0.2, -0.15) is 5.26 Å². The molecule has 0 N–H and O–H groups in total. The van der Waals surface area contributed by atoms with Gasteiger partial charge in [0.25, 0.3) is 0 Å². The van der Waals surface area contributed by atoms with Crippen LogP contribution >= 0.6 is 0 Å². The van der Waals surface area contributed by atoms with Crippen LogP contribution in [0.25, 0.3) is 122 Å². The van der Waals surface area contributed by atoms with Crippen molar-refractivity contribution in [2.45, 2.75) is 0 Å². The van der Waals surface area contributed by atoms with Crippen molar-refractivity contribution in [3.63, 3.8) is 0 Å². The molecule has 4 heterocycles. The van der Waals surface area contributed by atoms with Gasteiger partial charge < -0.3 is 13.6 Å². The van der Waals surface area contributed by atoms with Crippen LogP contribution in [-0.2, 0) is 0 Å². The number of benzene rings is 9. The van der Waals surface area contributed by atoms with Crippen molar-refractivity contribution in [2.24, 2.45) is 0 Å². The number of nitrogens with zero attached hydrogens (tertiary/aromatic N) is 5. The van der Waals surface area contributed by atoms with Gasteiger partial charge in [-0.3, -0.25) is 0 Å². The largest absolute Gasteiger partial charge is 0.452 e. The van der Waals surface area contributed by atoms with Crippen molar-refractivity contribution in [3.05, 3.63) is 218 Å². The van der Waals surface area contributed by atoms with E-state index in [4.69, 9.17) is 14.4 Å². The number of rotatable bonds is 6. The summed E-state index contributed by atoms with van der Waals surface area (Å²) in [5, 5.41) is 15.7. The maximum Gasteiger partial charge on any atom is 0.180 e. The van der Waals surface area contributed by atoms with E-state index in [0.29, 0.717) is 22.7 Å². The van der Waals surface area contributed by atoms with Gasteiger partial charge in [0.1, 0.15) is 16.8 Å². The monoisotopic (exact) mass is 829 g/mol. The molecule has 13 aromatic rings. The fourth-order valence-corrected chi connectivity index (χ4v) is 9.85. The van der Waals surface area contributed by atoms with Gasteiger partial charge in [0.2, 0.25) is 0 Å². The van der Waals surface area contributed by atoms with Crippen LogP contribution in [0.5, 0.6) is 0 Å². The molecule has 0 unspecified atom stereocenters. The second kappa shape index (κ2) is 14.5. The summed E-state index contributed by atoms with van der Waals surface area (Å²) in [5.41, 5.74) is 15.8. The quantitative estimate of drug-likeness (QED) is 0.167. The van der Waals surface area contributed by atoms with Gasteiger partial charge in [-0.1, -0.05) is 140 Å². The van der Waals surface area contributed by atoms with Crippen LogP contribution in [0.2, 0.25) is 0 Å². The topological polar surface area (TPSA) is 72.6 Å². The van der Waals surface area contributed by atoms with Crippen LogP contribution in [-0.4, -0.2) is 19.1 Å². The Labute approximate surface area is 373 Å². The van der Waals surface area contributed by atoms with Gasteiger partial charge in [-0.25, -0.2) is 9.97 Å². The van der Waals surface area contributed by atoms with Gasteiger partial charge in [0, 0.05) is 54.9 Å². The third-order valence-corrected chi connectivity index (χ3v) is 12.7. The number of hydrogen-bond donors (Lipinski definition) is 0. The molecule has 0 saturated heterocycles. The summed E-state index contributed by atoms with van der Waals surface area (Å²) in [6.07, 6.45) is 0. The molecule has 302 valence electrons. The lowest BCUT2D eigenvalue weighted by molar-refractivity contribution is 0.667. The normalized spacial score (nSPS) is 11.7. The van der Waals surface area contributed by atoms with Crippen LogP contribution in [0.3, 0.4) is 0 Å². The molecule has 0 aliphatic heterocycles. The van der Waals surface area contributed by atoms with Crippen molar-refractivity contribution < 1.29 is 4.42 Å². The molecular weight excluding hydrogens is 795 g/mol. The number of hydrogen-bond acceptors (Lipinski definition) is 4. The molecule has 9 aromatic carbocycles. The summed E-state index contributed by atoms with van der Waals surface area (Å²) in [5.74, 6) is 0.626. The van der Waals surface area contributed by atoms with Crippen LogP contribution < -0.4 is 0 Å². The predicted molar refractivity (Wildman–Crippen MR) is 264 cm³/mol. The molecule has 0 spiro atoms. The fourth-order valence-electron chi connectivity index (χ4n) is 9.85. The van der Waals surface area contributed by atoms with Gasteiger partial charge in [-0.05, 0) is 83.9 Å². The van der Waals surface area contributed by atoms with E-state index in [9.17, 15) is 5.26 Å². The Morgan fingerprint density at radius 2 is 0.938 bits per heavy atom. The molecule has 0 atom stereocenters. The highest BCUT2D eigenvalue weighted by Gasteiger charge is 2.25. The van der Waals surface area contributed by atoms with E-state index < -0.39 is 0 Å². The highest BCUT2D eigenvalue weighted by molar-refractivity contribution is 6.14. The average molecular weight is 830 g/mol. The number of para-hydroxylation sites is 3. The zero-order valence-electron chi connectivity index (χ0n) is 34.9. The molecule has 0 amide bonds. The smallest absolute Gasteiger partial charge is 0.180 e. The van der Waals surface area contributed by atoms with Crippen LogP contribution in [0.15, 0.2) is 217 Å². The summed E-state index contributed by atoms with van der Waals surface area (Å²) in [6.45, 7) is 0. The Morgan fingerprint density at radius 1 is 0.415 bits per heavy atom. The van der Waals surface area contributed by atoms with Crippen molar-refractivity contribution in [1.82, 2.24) is 19.1 Å². The second-order valence-electron chi connectivity index (χ2n) is 16.4. The summed E-state index contributed by atoms with van der Waals surface area (Å²) < 4.78 is 11.4. The third kappa shape index (κ3) is 5.73. The lowest BCUT2D eigenvalue weighted by Gasteiger charge is -2.21. The Balaban J connectivity index is 1.15. The highest BCUT2D eigenvalue weighted by Crippen LogP contribution is 2.46. The maximum absolute atomic E-state index is 10.3. The molecule has 4 aromatic heterocycles. The Hall–Kier alpha value is -9.05. The summed E-state index contributed by atoms with van der Waals surface area (Å²) in [6, 6.07) is 76.3. The maximum atomic E-state index is 10.3. The fraction of sp³-hybridized carbons (Fsp3) is 0. The van der Waals surface area contributed by atoms with Crippen molar-refractivity contribution in [1.29, 1.82) is 5.26 Å². The Bertz CT molecular complexity index is 3950. The van der Waals surface area contributed by atoms with Crippen LogP contribution in [0, 0.1) is 11.3 Å². The van der Waals surface area contributed by atoms with Gasteiger partial charge >= 0.3 is 0 Å². The second-order valence-corrected chi connectivity index (χ2v) is 16.4. The van der Waals surface area contributed by atoms with Crippen molar-refractivity contribution in [3.8, 4) is 62.3 Å². The molecule has 0 radical (unpaired) electrons. The molecule has 65 heavy (non-hydrogen) atoms. The van der Waals surface area contributed by atoms with E-state index in [1.807, 2.05) is 60.7 Å². The molecule has 6 heteroatoms. The number of aromatic nitrogens is 4. The molecule has 13 rings (SSSR count). The zero-order valence-corrected chi connectivity index (χ0v) is 34.9. The standard InChI is InChI=1S/C59H35N5O/c60-36-37-28-30-52-48(32-37)49-35-42(63-50-25-13-10-22-43(50)44-23-11-14-26-51(44)63)29-31-53(49)64(52)57-46(38-16-4-1-5-17-38)33-41(34-47(57)39-18-6-2-7-19-39)55-58-56(45-24-12-15-27-54(45)65-58)62-59(61-55)40-20-8-3-9-21-40/h1-35H. The van der Waals surface area contributed by atoms with Crippen LogP contribution in [0.1, 0.15) is 5.56 Å². The average Bonchev–Trinajstić information content (AvgIpc) is 4.03. The van der Waals surface area contributed by atoms with Gasteiger partial charge in [0.15, 0.2) is 11.4 Å². The molecule has 0 fully saturated rings. The first-order valence-corrected chi connectivity index (χ1v) is 21.7. The molecule has 0 bridgehead atoms. The van der Waals surface area contributed by atoms with E-state index in [0.717, 1.165) is 94.1 Å². The lowest BCUT2D eigenvalue weighted by Crippen LogP contribution is -2.03. The number of furan rings is 1. The van der Waals surface area contributed by atoms with E-state index in [1.165, 1.54) is 10.8 Å². The summed E-state index contributed by atoms with van der Waals surface area (Å²) in [4.78, 5) is 10.5. The zero-order chi connectivity index (χ0) is 43.0. The highest BCUT2D eigenvalue weighted by atomic mass is 16.3. The minimum absolute atomic E-state index is 0.605. The first-order chi connectivity index (χ1) is 32.2. The lowest BCUT2D eigenvalue weighted by atomic mass is 9.91. The molecule has 0 aliphatic carbocycles. The predicted octanol–water partition coefficient (Wildman–Crippen LogP) is 15.1. The van der Waals surface area contributed by atoms with E-state index in [-0.39, 0.29) is 0 Å². The molecule has 0 saturated carbocycles. The Morgan fingerprint density at radius 3 is 1.57 bits per heavy atom. The summed E-state index contributed by atoms with van der Waals surface area (Å²) in [7, 11) is 0. The van der Waals surface area contributed by atoms with E-state index >= 15 is 0 Å². The third-order valence-electron chi connectivity index (χ3n) is 12.7. The number of nitriles is 1. The van der Waals surface area contributed by atoms with Crippen LogP contribution in [0.4, 0.5) is 0 Å². The van der Waals surface area contributed by atoms with Gasteiger partial charge in [0.05, 0.1) is 39.4 Å². The van der Waals surface area contributed by atoms with Crippen molar-refractivity contribution >= 4 is 65.7 Å². The van der Waals surface area contributed by atoms with Crippen molar-refractivity contribution in [2.75, 3.05) is 0 Å². The van der Waals surface area contributed by atoms with Gasteiger partial charge in [-0.15, -0.1) is 0 Å². The molecular formula is C59H35N5O. The minimum atomic E-state index is 0.605. The van der Waals surface area contributed by atoms with E-state index in [1.54, 1.807) is 0 Å². The minimum Gasteiger partial charge on any atom is -0.452 e. The SMILES string of the molecule is N#Cc1ccc2c(c1)c1cc(-n3c4ccccc4c4ccccc43)ccc1n2-c1c(-c2ccccc2)cc(-c2nc(-c3ccccc3)nc3c2oc2ccccc23)cc1-c1ccccc1. The van der Waals surface area contributed by atoms with E-state index in [2.05, 4.69) is 167 Å². The first kappa shape index (κ1) is 36.6. The Kier molecular flexibility index (Phi) is 8.17. The summed E-state index contributed by atoms with van der Waals surface area (Å²) >= 11 is 0. The number of fused-ring (bicyclic) bond motifs is 9. The molecule has 6 nitrogen and oxygen atoms in total. The first-order valence-electron chi connectivity index (χ1n) is 21.7. The molecule has 0 aliphatic rings.